The molecule has 0 atom stereocenters. The smallest absolute Gasteiger partial charge is 0.270 e. The van der Waals surface area contributed by atoms with Crippen LogP contribution < -0.4 is 4.90 Å². The van der Waals surface area contributed by atoms with Crippen LogP contribution in [0.1, 0.15) is 75.3 Å². The largest absolute Gasteiger partial charge is 0.336 e. The summed E-state index contributed by atoms with van der Waals surface area (Å²) in [5, 5.41) is 0. The second-order valence-corrected chi connectivity index (χ2v) is 11.3. The summed E-state index contributed by atoms with van der Waals surface area (Å²) in [7, 11) is 2.11. The lowest BCUT2D eigenvalue weighted by atomic mass is 9.90. The molecule has 202 valence electrons. The average molecular weight is 523 g/mol. The van der Waals surface area contributed by atoms with Crippen molar-refractivity contribution < 1.29 is 9.59 Å². The summed E-state index contributed by atoms with van der Waals surface area (Å²) in [5.74, 6) is 0.0739. The van der Waals surface area contributed by atoms with E-state index >= 15 is 0 Å². The number of carbonyl (C=O) groups excluding carboxylic acids is 2. The Bertz CT molecular complexity index is 1440. The van der Waals surface area contributed by atoms with E-state index in [2.05, 4.69) is 41.6 Å². The van der Waals surface area contributed by atoms with Gasteiger partial charge in [-0.3, -0.25) is 9.59 Å². The number of rotatable bonds is 3. The summed E-state index contributed by atoms with van der Waals surface area (Å²) < 4.78 is 2.12. The highest BCUT2D eigenvalue weighted by atomic mass is 16.2. The molecule has 0 saturated carbocycles. The van der Waals surface area contributed by atoms with Crippen LogP contribution in [0.4, 0.5) is 5.69 Å². The number of likely N-dealkylation sites (N-methyl/N-ethyl adjacent to an activating group) is 1. The summed E-state index contributed by atoms with van der Waals surface area (Å²) in [5.41, 5.74) is 8.17. The van der Waals surface area contributed by atoms with Crippen LogP contribution in [-0.2, 0) is 13.1 Å². The lowest BCUT2D eigenvalue weighted by Gasteiger charge is -2.23. The Kier molecular flexibility index (Phi) is 7.13. The maximum Gasteiger partial charge on any atom is 0.270 e. The summed E-state index contributed by atoms with van der Waals surface area (Å²) in [6.07, 6.45) is 8.08. The molecule has 1 fully saturated rings. The molecule has 3 aromatic rings. The van der Waals surface area contributed by atoms with Crippen molar-refractivity contribution in [1.82, 2.24) is 14.4 Å². The van der Waals surface area contributed by atoms with Crippen LogP contribution in [0, 0.1) is 6.92 Å². The van der Waals surface area contributed by atoms with Crippen molar-refractivity contribution in [3.8, 4) is 0 Å². The molecule has 6 heteroatoms. The van der Waals surface area contributed by atoms with E-state index in [0.717, 1.165) is 67.9 Å². The first-order valence-corrected chi connectivity index (χ1v) is 14.4. The molecule has 0 unspecified atom stereocenters. The lowest BCUT2D eigenvalue weighted by Crippen LogP contribution is -2.35. The molecule has 6 rings (SSSR count). The Hall–Kier alpha value is -3.64. The van der Waals surface area contributed by atoms with Crippen LogP contribution in [0.2, 0.25) is 0 Å². The highest BCUT2D eigenvalue weighted by molar-refractivity contribution is 6.07. The standard InChI is InChI=1S/C33H38N4O2/c1-24-21-26(13-15-29(24)25-9-4-3-5-10-25)32(38)37-23-28-14-16-31(33(39)35-18-8-17-34(2)19-20-35)36(28)22-27-11-6-7-12-30(27)37/h6-7,9,11-16,21H,3-5,8,10,17-20,22-23H2,1-2H3. The van der Waals surface area contributed by atoms with E-state index < -0.39 is 0 Å². The molecular weight excluding hydrogens is 484 g/mol. The predicted molar refractivity (Wildman–Crippen MR) is 156 cm³/mol. The van der Waals surface area contributed by atoms with Gasteiger partial charge in [0.15, 0.2) is 0 Å². The van der Waals surface area contributed by atoms with E-state index in [1.165, 1.54) is 24.0 Å². The van der Waals surface area contributed by atoms with Gasteiger partial charge in [0.25, 0.3) is 11.8 Å². The number of aromatic nitrogens is 1. The van der Waals surface area contributed by atoms with Crippen molar-refractivity contribution in [3.05, 3.63) is 94.3 Å². The van der Waals surface area contributed by atoms with Crippen LogP contribution >= 0.6 is 0 Å². The maximum atomic E-state index is 14.0. The number of carbonyl (C=O) groups is 2. The minimum atomic E-state index is -0.00666. The van der Waals surface area contributed by atoms with Gasteiger partial charge in [-0.1, -0.05) is 30.3 Å². The van der Waals surface area contributed by atoms with Crippen molar-refractivity contribution in [3.63, 3.8) is 0 Å². The van der Waals surface area contributed by atoms with Crippen molar-refractivity contribution in [1.29, 1.82) is 0 Å². The molecular formula is C33H38N4O2. The number of nitrogens with zero attached hydrogens (tertiary/aromatic N) is 4. The van der Waals surface area contributed by atoms with E-state index in [1.54, 1.807) is 0 Å². The maximum absolute atomic E-state index is 14.0. The van der Waals surface area contributed by atoms with E-state index in [-0.39, 0.29) is 11.8 Å². The quantitative estimate of drug-likeness (QED) is 0.441. The molecule has 6 nitrogen and oxygen atoms in total. The number of hydrogen-bond acceptors (Lipinski definition) is 3. The zero-order valence-electron chi connectivity index (χ0n) is 23.2. The molecule has 39 heavy (non-hydrogen) atoms. The molecule has 1 aliphatic carbocycles. The van der Waals surface area contributed by atoms with Gasteiger partial charge in [0.05, 0.1) is 13.1 Å². The minimum absolute atomic E-state index is 0.00666. The fourth-order valence-corrected chi connectivity index (χ4v) is 6.34. The van der Waals surface area contributed by atoms with Gasteiger partial charge in [0.2, 0.25) is 0 Å². The van der Waals surface area contributed by atoms with Gasteiger partial charge in [0, 0.05) is 36.6 Å². The third kappa shape index (κ3) is 5.06. The zero-order chi connectivity index (χ0) is 26.9. The monoisotopic (exact) mass is 522 g/mol. The molecule has 2 amide bonds. The first-order valence-electron chi connectivity index (χ1n) is 14.4. The number of benzene rings is 2. The second kappa shape index (κ2) is 10.9. The number of fused-ring (bicyclic) bond motifs is 2. The zero-order valence-corrected chi connectivity index (χ0v) is 23.2. The normalized spacial score (nSPS) is 18.1. The highest BCUT2D eigenvalue weighted by Crippen LogP contribution is 2.33. The van der Waals surface area contributed by atoms with E-state index in [1.807, 2.05) is 52.3 Å². The van der Waals surface area contributed by atoms with Crippen molar-refractivity contribution in [2.75, 3.05) is 38.1 Å². The number of hydrogen-bond donors (Lipinski definition) is 0. The molecule has 1 aromatic heterocycles. The van der Waals surface area contributed by atoms with Crippen molar-refractivity contribution >= 4 is 23.1 Å². The summed E-state index contributed by atoms with van der Waals surface area (Å²) in [6, 6.07) is 18.2. The first-order chi connectivity index (χ1) is 19.0. The number of para-hydroxylation sites is 1. The van der Waals surface area contributed by atoms with Crippen molar-refractivity contribution in [2.24, 2.45) is 0 Å². The lowest BCUT2D eigenvalue weighted by molar-refractivity contribution is 0.0752. The van der Waals surface area contributed by atoms with Gasteiger partial charge in [-0.25, -0.2) is 0 Å². The molecule has 0 bridgehead atoms. The van der Waals surface area contributed by atoms with E-state index in [4.69, 9.17) is 0 Å². The van der Waals surface area contributed by atoms with Crippen LogP contribution in [0.25, 0.3) is 5.57 Å². The topological polar surface area (TPSA) is 48.8 Å². The summed E-state index contributed by atoms with van der Waals surface area (Å²) in [4.78, 5) is 33.9. The number of allylic oxidation sites excluding steroid dienone is 2. The third-order valence-corrected chi connectivity index (χ3v) is 8.58. The van der Waals surface area contributed by atoms with Gasteiger partial charge in [-0.15, -0.1) is 0 Å². The SMILES string of the molecule is Cc1cc(C(=O)N2Cc3ccc(C(=O)N4CCCN(C)CC4)n3Cc3ccccc32)ccc1C1=CCCCC1. The second-order valence-electron chi connectivity index (χ2n) is 11.3. The Balaban J connectivity index is 1.31. The molecule has 0 spiro atoms. The fourth-order valence-electron chi connectivity index (χ4n) is 6.34. The first kappa shape index (κ1) is 25.6. The predicted octanol–water partition coefficient (Wildman–Crippen LogP) is 5.74. The average Bonchev–Trinajstić information content (AvgIpc) is 3.11. The Morgan fingerprint density at radius 3 is 2.51 bits per heavy atom. The van der Waals surface area contributed by atoms with Crippen LogP contribution in [-0.4, -0.2) is 59.4 Å². The Morgan fingerprint density at radius 2 is 1.69 bits per heavy atom. The van der Waals surface area contributed by atoms with E-state index in [9.17, 15) is 9.59 Å². The minimum Gasteiger partial charge on any atom is -0.336 e. The molecule has 2 aliphatic heterocycles. The van der Waals surface area contributed by atoms with Gasteiger partial charge < -0.3 is 19.3 Å². The van der Waals surface area contributed by atoms with Gasteiger partial charge in [-0.2, -0.15) is 0 Å². The Labute approximate surface area is 231 Å². The van der Waals surface area contributed by atoms with Crippen LogP contribution in [0.3, 0.4) is 0 Å². The molecule has 3 heterocycles. The van der Waals surface area contributed by atoms with Crippen LogP contribution in [0.5, 0.6) is 0 Å². The van der Waals surface area contributed by atoms with Gasteiger partial charge >= 0.3 is 0 Å². The van der Waals surface area contributed by atoms with E-state index in [0.29, 0.717) is 24.3 Å². The molecule has 3 aliphatic rings. The molecule has 2 aromatic carbocycles. The van der Waals surface area contributed by atoms with Gasteiger partial charge in [0.1, 0.15) is 5.69 Å². The summed E-state index contributed by atoms with van der Waals surface area (Å²) >= 11 is 0. The number of anilines is 1. The highest BCUT2D eigenvalue weighted by Gasteiger charge is 2.29. The van der Waals surface area contributed by atoms with Crippen LogP contribution in [0.15, 0.2) is 60.7 Å². The Morgan fingerprint density at radius 1 is 0.821 bits per heavy atom. The third-order valence-electron chi connectivity index (χ3n) is 8.58. The fraction of sp³-hybridized carbons (Fsp3) is 0.394. The summed E-state index contributed by atoms with van der Waals surface area (Å²) in [6.45, 7) is 6.53. The number of amides is 2. The van der Waals surface area contributed by atoms with Crippen molar-refractivity contribution in [2.45, 2.75) is 52.1 Å². The molecule has 0 N–H and O–H groups in total. The molecule has 0 radical (unpaired) electrons. The number of aryl methyl sites for hydroxylation is 1. The van der Waals surface area contributed by atoms with Gasteiger partial charge in [-0.05, 0) is 105 Å². The molecule has 1 saturated heterocycles.